The summed E-state index contributed by atoms with van der Waals surface area (Å²) in [6, 6.07) is 14.0. The molecule has 0 unspecified atom stereocenters. The van der Waals surface area contributed by atoms with Crippen LogP contribution in [0.25, 0.3) is 5.69 Å². The van der Waals surface area contributed by atoms with Gasteiger partial charge in [-0.25, -0.2) is 18.3 Å². The van der Waals surface area contributed by atoms with Gasteiger partial charge in [-0.05, 0) is 50.1 Å². The Kier molecular flexibility index (Phi) is 5.31. The first kappa shape index (κ1) is 19.8. The number of halogens is 2. The van der Waals surface area contributed by atoms with Gasteiger partial charge in [0.25, 0.3) is 5.91 Å². The van der Waals surface area contributed by atoms with E-state index < -0.39 is 35.3 Å². The molecule has 154 valence electrons. The molecule has 0 spiro atoms. The lowest BCUT2D eigenvalue weighted by Crippen LogP contribution is -2.31. The maximum Gasteiger partial charge on any atom is 0.357 e. The van der Waals surface area contributed by atoms with Crippen molar-refractivity contribution in [2.45, 2.75) is 31.8 Å². The number of para-hydroxylation sites is 2. The molecule has 3 aromatic rings. The van der Waals surface area contributed by atoms with Crippen LogP contribution in [0.3, 0.4) is 0 Å². The number of esters is 1. The Morgan fingerprint density at radius 3 is 2.40 bits per heavy atom. The lowest BCUT2D eigenvalue weighted by Gasteiger charge is -2.15. The van der Waals surface area contributed by atoms with Crippen LogP contribution in [0.1, 0.15) is 41.9 Å². The van der Waals surface area contributed by atoms with Crippen molar-refractivity contribution in [3.63, 3.8) is 0 Å². The van der Waals surface area contributed by atoms with Crippen LogP contribution in [0.2, 0.25) is 0 Å². The normalized spacial score (nSPS) is 14.2. The molecule has 0 saturated heterocycles. The fourth-order valence-corrected chi connectivity index (χ4v) is 3.01. The number of rotatable bonds is 6. The Morgan fingerprint density at radius 2 is 1.77 bits per heavy atom. The smallest absolute Gasteiger partial charge is 0.357 e. The van der Waals surface area contributed by atoms with Crippen molar-refractivity contribution in [3.05, 3.63) is 77.6 Å². The van der Waals surface area contributed by atoms with Gasteiger partial charge < -0.3 is 10.1 Å². The standard InChI is InChI=1S/C22H19F2N3O3/c1-13(21(28)25-20-16(23)8-5-9-17(20)24)30-22(29)19-12-18(14-10-11-14)26-27(19)15-6-3-2-4-7-15/h2-9,12-14H,10-11H2,1H3,(H,25,28)/t13-/m1/s1. The fraction of sp³-hybridized carbons (Fsp3) is 0.227. The van der Waals surface area contributed by atoms with E-state index in [4.69, 9.17) is 4.74 Å². The minimum Gasteiger partial charge on any atom is -0.448 e. The van der Waals surface area contributed by atoms with Gasteiger partial charge in [0, 0.05) is 5.92 Å². The molecule has 0 bridgehead atoms. The third-order valence-corrected chi connectivity index (χ3v) is 4.80. The highest BCUT2D eigenvalue weighted by Crippen LogP contribution is 2.39. The predicted octanol–water partition coefficient (Wildman–Crippen LogP) is 4.21. The van der Waals surface area contributed by atoms with E-state index in [0.717, 1.165) is 30.7 Å². The van der Waals surface area contributed by atoms with Crippen molar-refractivity contribution >= 4 is 17.6 Å². The number of benzene rings is 2. The van der Waals surface area contributed by atoms with Gasteiger partial charge in [-0.15, -0.1) is 0 Å². The molecule has 8 heteroatoms. The van der Waals surface area contributed by atoms with E-state index in [9.17, 15) is 18.4 Å². The molecular formula is C22H19F2N3O3. The van der Waals surface area contributed by atoms with Crippen LogP contribution in [-0.4, -0.2) is 27.8 Å². The van der Waals surface area contributed by atoms with Gasteiger partial charge in [-0.2, -0.15) is 5.10 Å². The number of amides is 1. The second-order valence-electron chi connectivity index (χ2n) is 7.11. The molecule has 1 aromatic heterocycles. The van der Waals surface area contributed by atoms with Gasteiger partial charge in [0.2, 0.25) is 0 Å². The van der Waals surface area contributed by atoms with Crippen LogP contribution in [0, 0.1) is 11.6 Å². The van der Waals surface area contributed by atoms with Gasteiger partial charge in [-0.1, -0.05) is 24.3 Å². The average Bonchev–Trinajstić information content (AvgIpc) is 3.49. The summed E-state index contributed by atoms with van der Waals surface area (Å²) in [4.78, 5) is 25.1. The van der Waals surface area contributed by atoms with Crippen molar-refractivity contribution in [2.75, 3.05) is 5.32 Å². The lowest BCUT2D eigenvalue weighted by molar-refractivity contribution is -0.123. The Balaban J connectivity index is 1.53. The van der Waals surface area contributed by atoms with E-state index in [1.165, 1.54) is 17.7 Å². The molecule has 1 fully saturated rings. The van der Waals surface area contributed by atoms with Gasteiger partial charge in [-0.3, -0.25) is 4.79 Å². The highest BCUT2D eigenvalue weighted by atomic mass is 19.1. The molecule has 1 aliphatic carbocycles. The van der Waals surface area contributed by atoms with Crippen LogP contribution < -0.4 is 5.32 Å². The molecule has 1 aliphatic rings. The summed E-state index contributed by atoms with van der Waals surface area (Å²) in [6.45, 7) is 1.33. The maximum absolute atomic E-state index is 13.8. The molecule has 1 atom stereocenters. The van der Waals surface area contributed by atoms with Crippen LogP contribution in [0.15, 0.2) is 54.6 Å². The first-order valence-electron chi connectivity index (χ1n) is 9.55. The summed E-state index contributed by atoms with van der Waals surface area (Å²) in [5.41, 5.74) is 1.06. The minimum atomic E-state index is -1.28. The molecule has 1 amide bonds. The Morgan fingerprint density at radius 1 is 1.10 bits per heavy atom. The Bertz CT molecular complexity index is 1070. The quantitative estimate of drug-likeness (QED) is 0.617. The van der Waals surface area contributed by atoms with Gasteiger partial charge >= 0.3 is 5.97 Å². The third kappa shape index (κ3) is 4.07. The number of carbonyl (C=O) groups excluding carboxylic acids is 2. The van der Waals surface area contributed by atoms with Crippen molar-refractivity contribution in [2.24, 2.45) is 0 Å². The first-order chi connectivity index (χ1) is 14.4. The molecule has 1 heterocycles. The summed E-state index contributed by atoms with van der Waals surface area (Å²) in [7, 11) is 0. The molecule has 1 N–H and O–H groups in total. The lowest BCUT2D eigenvalue weighted by atomic mass is 10.2. The zero-order valence-electron chi connectivity index (χ0n) is 16.1. The predicted molar refractivity (Wildman–Crippen MR) is 105 cm³/mol. The van der Waals surface area contributed by atoms with Gasteiger partial charge in [0.15, 0.2) is 11.8 Å². The summed E-state index contributed by atoms with van der Waals surface area (Å²) in [6.07, 6.45) is 0.737. The average molecular weight is 411 g/mol. The highest BCUT2D eigenvalue weighted by molar-refractivity contribution is 5.97. The summed E-state index contributed by atoms with van der Waals surface area (Å²) >= 11 is 0. The Hall–Kier alpha value is -3.55. The molecule has 6 nitrogen and oxygen atoms in total. The van der Waals surface area contributed by atoms with Crippen molar-refractivity contribution in [3.8, 4) is 5.69 Å². The van der Waals surface area contributed by atoms with Crippen molar-refractivity contribution in [1.29, 1.82) is 0 Å². The molecular weight excluding hydrogens is 392 g/mol. The number of ether oxygens (including phenoxy) is 1. The minimum absolute atomic E-state index is 0.180. The zero-order chi connectivity index (χ0) is 21.3. The number of carbonyl (C=O) groups is 2. The number of nitrogens with one attached hydrogen (secondary N) is 1. The second kappa shape index (κ2) is 8.06. The van der Waals surface area contributed by atoms with Crippen molar-refractivity contribution < 1.29 is 23.1 Å². The van der Waals surface area contributed by atoms with Crippen LogP contribution in [0.4, 0.5) is 14.5 Å². The molecule has 4 rings (SSSR count). The number of hydrogen-bond acceptors (Lipinski definition) is 4. The molecule has 2 aromatic carbocycles. The summed E-state index contributed by atoms with van der Waals surface area (Å²) < 4.78 is 34.3. The number of aromatic nitrogens is 2. The van der Waals surface area contributed by atoms with E-state index >= 15 is 0 Å². The number of anilines is 1. The van der Waals surface area contributed by atoms with Gasteiger partial charge in [0.05, 0.1) is 11.4 Å². The largest absolute Gasteiger partial charge is 0.448 e. The van der Waals surface area contributed by atoms with E-state index in [-0.39, 0.29) is 5.69 Å². The number of nitrogens with zero attached hydrogens (tertiary/aromatic N) is 2. The fourth-order valence-electron chi connectivity index (χ4n) is 3.01. The Labute approximate surface area is 171 Å². The van der Waals surface area contributed by atoms with E-state index in [1.807, 2.05) is 18.2 Å². The van der Waals surface area contributed by atoms with Crippen molar-refractivity contribution in [1.82, 2.24) is 9.78 Å². The van der Waals surface area contributed by atoms with E-state index in [0.29, 0.717) is 11.6 Å². The molecule has 1 saturated carbocycles. The summed E-state index contributed by atoms with van der Waals surface area (Å²) in [5.74, 6) is -3.13. The SMILES string of the molecule is C[C@@H](OC(=O)c1cc(C2CC2)nn1-c1ccccc1)C(=O)Nc1c(F)cccc1F. The van der Waals surface area contributed by atoms with E-state index in [1.54, 1.807) is 18.2 Å². The summed E-state index contributed by atoms with van der Waals surface area (Å²) in [5, 5.41) is 6.65. The van der Waals surface area contributed by atoms with E-state index in [2.05, 4.69) is 10.4 Å². The topological polar surface area (TPSA) is 73.2 Å². The highest BCUT2D eigenvalue weighted by Gasteiger charge is 2.30. The van der Waals surface area contributed by atoms with Crippen LogP contribution >= 0.6 is 0 Å². The third-order valence-electron chi connectivity index (χ3n) is 4.80. The molecule has 0 radical (unpaired) electrons. The zero-order valence-corrected chi connectivity index (χ0v) is 16.1. The van der Waals surface area contributed by atoms with Crippen LogP contribution in [-0.2, 0) is 9.53 Å². The van der Waals surface area contributed by atoms with Crippen LogP contribution in [0.5, 0.6) is 0 Å². The number of hydrogen-bond donors (Lipinski definition) is 1. The molecule has 30 heavy (non-hydrogen) atoms. The first-order valence-corrected chi connectivity index (χ1v) is 9.55. The molecule has 0 aliphatic heterocycles. The maximum atomic E-state index is 13.8. The second-order valence-corrected chi connectivity index (χ2v) is 7.11. The monoisotopic (exact) mass is 411 g/mol. The van der Waals surface area contributed by atoms with Gasteiger partial charge in [0.1, 0.15) is 17.3 Å².